The zero-order valence-corrected chi connectivity index (χ0v) is 18.9. The summed E-state index contributed by atoms with van der Waals surface area (Å²) in [6, 6.07) is 19.2. The number of hydrazone groups is 1. The van der Waals surface area contributed by atoms with Crippen molar-refractivity contribution in [2.24, 2.45) is 5.10 Å². The number of ether oxygens (including phenoxy) is 1. The number of carboxylic acids is 1. The van der Waals surface area contributed by atoms with Gasteiger partial charge in [0, 0.05) is 11.6 Å². The highest BCUT2D eigenvalue weighted by atomic mass is 19.4. The number of halogens is 3. The molecule has 8 nitrogen and oxygen atoms in total. The highest BCUT2D eigenvalue weighted by Gasteiger charge is 2.33. The van der Waals surface area contributed by atoms with E-state index in [9.17, 15) is 28.1 Å². The van der Waals surface area contributed by atoms with Gasteiger partial charge < -0.3 is 9.84 Å². The molecule has 0 fully saturated rings. The number of aromatic carboxylic acids is 1. The lowest BCUT2D eigenvalue weighted by Crippen LogP contribution is -2.07. The Morgan fingerprint density at radius 2 is 1.78 bits per heavy atom. The first-order valence-corrected chi connectivity index (χ1v) is 10.7. The molecule has 0 aliphatic rings. The van der Waals surface area contributed by atoms with Crippen molar-refractivity contribution in [2.75, 3.05) is 5.43 Å². The Bertz CT molecular complexity index is 1500. The molecule has 0 unspecified atom stereocenters. The second-order valence-corrected chi connectivity index (χ2v) is 7.85. The van der Waals surface area contributed by atoms with Gasteiger partial charge in [-0.15, -0.1) is 0 Å². The standard InChI is InChI=1S/C26H18F3N3O5/c27-26(28,29)19-10-11-22(23(13-19)32(35)36)31-30-14-21-20-4-2-1-3-17(20)9-12-24(21)37-15-16-5-7-18(8-6-16)25(33)34/h1-14,31H,15H2,(H,33,34)/b30-14-. The fourth-order valence-corrected chi connectivity index (χ4v) is 3.56. The van der Waals surface area contributed by atoms with Crippen LogP contribution >= 0.6 is 0 Å². The van der Waals surface area contributed by atoms with Crippen LogP contribution in [0.25, 0.3) is 10.8 Å². The topological polar surface area (TPSA) is 114 Å². The van der Waals surface area contributed by atoms with E-state index in [0.717, 1.165) is 28.5 Å². The predicted octanol–water partition coefficient (Wildman–Crippen LogP) is 6.49. The second-order valence-electron chi connectivity index (χ2n) is 7.85. The molecule has 0 radical (unpaired) electrons. The van der Waals surface area contributed by atoms with Gasteiger partial charge in [-0.3, -0.25) is 15.5 Å². The first-order valence-electron chi connectivity index (χ1n) is 10.7. The fourth-order valence-electron chi connectivity index (χ4n) is 3.56. The monoisotopic (exact) mass is 509 g/mol. The molecular formula is C26H18F3N3O5. The van der Waals surface area contributed by atoms with Gasteiger partial charge in [0.05, 0.1) is 22.3 Å². The zero-order valence-electron chi connectivity index (χ0n) is 18.9. The molecule has 11 heteroatoms. The lowest BCUT2D eigenvalue weighted by atomic mass is 10.0. The lowest BCUT2D eigenvalue weighted by molar-refractivity contribution is -0.384. The van der Waals surface area contributed by atoms with E-state index in [2.05, 4.69) is 10.5 Å². The summed E-state index contributed by atoms with van der Waals surface area (Å²) in [5.41, 5.74) is 1.72. The molecular weight excluding hydrogens is 491 g/mol. The molecule has 0 amide bonds. The van der Waals surface area contributed by atoms with Gasteiger partial charge in [0.1, 0.15) is 18.0 Å². The third-order valence-corrected chi connectivity index (χ3v) is 5.43. The Labute approximate surface area is 207 Å². The summed E-state index contributed by atoms with van der Waals surface area (Å²) >= 11 is 0. The van der Waals surface area contributed by atoms with Crippen LogP contribution in [0.5, 0.6) is 5.75 Å². The van der Waals surface area contributed by atoms with Crippen molar-refractivity contribution in [3.05, 3.63) is 111 Å². The molecule has 37 heavy (non-hydrogen) atoms. The summed E-state index contributed by atoms with van der Waals surface area (Å²) in [6.07, 6.45) is -3.36. The number of nitro groups is 1. The van der Waals surface area contributed by atoms with Gasteiger partial charge >= 0.3 is 12.1 Å². The zero-order chi connectivity index (χ0) is 26.6. The minimum absolute atomic E-state index is 0.122. The Morgan fingerprint density at radius 3 is 2.46 bits per heavy atom. The number of alkyl halides is 3. The number of nitro benzene ring substituents is 1. The molecule has 0 aliphatic heterocycles. The van der Waals surface area contributed by atoms with E-state index in [1.807, 2.05) is 30.3 Å². The molecule has 4 aromatic carbocycles. The van der Waals surface area contributed by atoms with Gasteiger partial charge in [-0.1, -0.05) is 42.5 Å². The predicted molar refractivity (Wildman–Crippen MR) is 131 cm³/mol. The van der Waals surface area contributed by atoms with Crippen molar-refractivity contribution in [1.82, 2.24) is 0 Å². The highest BCUT2D eigenvalue weighted by Crippen LogP contribution is 2.35. The van der Waals surface area contributed by atoms with Gasteiger partial charge in [-0.25, -0.2) is 4.79 Å². The van der Waals surface area contributed by atoms with Crippen molar-refractivity contribution >= 4 is 34.3 Å². The fraction of sp³-hybridized carbons (Fsp3) is 0.0769. The van der Waals surface area contributed by atoms with Crippen LogP contribution in [-0.2, 0) is 12.8 Å². The van der Waals surface area contributed by atoms with Crippen molar-refractivity contribution in [2.45, 2.75) is 12.8 Å². The molecule has 0 saturated heterocycles. The molecule has 0 saturated carbocycles. The summed E-state index contributed by atoms with van der Waals surface area (Å²) in [7, 11) is 0. The van der Waals surface area contributed by atoms with Crippen molar-refractivity contribution in [3.63, 3.8) is 0 Å². The Morgan fingerprint density at radius 1 is 1.05 bits per heavy atom. The molecule has 0 spiro atoms. The van der Waals surface area contributed by atoms with E-state index >= 15 is 0 Å². The largest absolute Gasteiger partial charge is 0.488 e. The summed E-state index contributed by atoms with van der Waals surface area (Å²) in [4.78, 5) is 21.5. The van der Waals surface area contributed by atoms with Crippen LogP contribution in [0.4, 0.5) is 24.5 Å². The number of hydrogen-bond donors (Lipinski definition) is 2. The van der Waals surface area contributed by atoms with Crippen molar-refractivity contribution in [1.29, 1.82) is 0 Å². The van der Waals surface area contributed by atoms with Crippen LogP contribution in [0.3, 0.4) is 0 Å². The number of anilines is 1. The van der Waals surface area contributed by atoms with Gasteiger partial charge in [0.25, 0.3) is 5.69 Å². The van der Waals surface area contributed by atoms with E-state index in [0.29, 0.717) is 17.4 Å². The minimum atomic E-state index is -4.73. The van der Waals surface area contributed by atoms with E-state index in [4.69, 9.17) is 9.84 Å². The first kappa shape index (κ1) is 25.2. The molecule has 0 atom stereocenters. The van der Waals surface area contributed by atoms with Gasteiger partial charge in [-0.2, -0.15) is 18.3 Å². The minimum Gasteiger partial charge on any atom is -0.488 e. The summed E-state index contributed by atoms with van der Waals surface area (Å²) in [6.45, 7) is 0.122. The molecule has 0 bridgehead atoms. The van der Waals surface area contributed by atoms with Crippen LogP contribution in [0.15, 0.2) is 84.0 Å². The maximum absolute atomic E-state index is 13.0. The number of carbonyl (C=O) groups is 1. The molecule has 4 rings (SSSR count). The maximum Gasteiger partial charge on any atom is 0.416 e. The summed E-state index contributed by atoms with van der Waals surface area (Å²) in [5, 5.41) is 26.0. The van der Waals surface area contributed by atoms with E-state index < -0.39 is 28.3 Å². The smallest absolute Gasteiger partial charge is 0.416 e. The molecule has 0 aromatic heterocycles. The first-order chi connectivity index (χ1) is 17.6. The van der Waals surface area contributed by atoms with Gasteiger partial charge in [-0.05, 0) is 46.7 Å². The lowest BCUT2D eigenvalue weighted by Gasteiger charge is -2.12. The quantitative estimate of drug-likeness (QED) is 0.159. The molecule has 2 N–H and O–H groups in total. The second kappa shape index (κ2) is 10.4. The normalized spacial score (nSPS) is 11.5. The number of carboxylic acid groups (broad SMARTS) is 1. The van der Waals surface area contributed by atoms with Crippen molar-refractivity contribution < 1.29 is 32.7 Å². The van der Waals surface area contributed by atoms with Gasteiger partial charge in [0.15, 0.2) is 0 Å². The number of fused-ring (bicyclic) bond motifs is 1. The molecule has 0 aliphatic carbocycles. The number of hydrogen-bond acceptors (Lipinski definition) is 6. The van der Waals surface area contributed by atoms with Crippen LogP contribution < -0.4 is 10.2 Å². The van der Waals surface area contributed by atoms with Gasteiger partial charge in [0.2, 0.25) is 0 Å². The SMILES string of the molecule is O=C(O)c1ccc(COc2ccc3ccccc3c2/C=N\Nc2ccc(C(F)(F)F)cc2[N+](=O)[O-])cc1. The number of nitrogens with one attached hydrogen (secondary N) is 1. The molecule has 0 heterocycles. The average molecular weight is 509 g/mol. The third kappa shape index (κ3) is 5.84. The van der Waals surface area contributed by atoms with E-state index in [-0.39, 0.29) is 17.9 Å². The molecule has 188 valence electrons. The molecule has 4 aromatic rings. The Kier molecular flexibility index (Phi) is 7.05. The van der Waals surface area contributed by atoms with E-state index in [1.165, 1.54) is 18.3 Å². The van der Waals surface area contributed by atoms with Crippen LogP contribution in [0, 0.1) is 10.1 Å². The van der Waals surface area contributed by atoms with Crippen molar-refractivity contribution in [3.8, 4) is 5.75 Å². The summed E-state index contributed by atoms with van der Waals surface area (Å²) < 4.78 is 44.9. The number of nitrogens with zero attached hydrogens (tertiary/aromatic N) is 2. The highest BCUT2D eigenvalue weighted by molar-refractivity contribution is 6.02. The van der Waals surface area contributed by atoms with E-state index in [1.54, 1.807) is 18.2 Å². The third-order valence-electron chi connectivity index (χ3n) is 5.43. The van der Waals surface area contributed by atoms with Crippen LogP contribution in [0.1, 0.15) is 27.0 Å². The Hall–Kier alpha value is -4.93. The number of benzene rings is 4. The Balaban J connectivity index is 1.62. The van der Waals surface area contributed by atoms with Crippen LogP contribution in [0.2, 0.25) is 0 Å². The summed E-state index contributed by atoms with van der Waals surface area (Å²) in [5.74, 6) is -0.616. The van der Waals surface area contributed by atoms with Crippen LogP contribution in [-0.4, -0.2) is 22.2 Å². The number of rotatable bonds is 8. The maximum atomic E-state index is 13.0. The average Bonchev–Trinajstić information content (AvgIpc) is 2.87.